The van der Waals surface area contributed by atoms with Gasteiger partial charge in [0.15, 0.2) is 5.96 Å². The second-order valence-electron chi connectivity index (χ2n) is 8.31. The van der Waals surface area contributed by atoms with Crippen molar-refractivity contribution in [2.24, 2.45) is 4.99 Å². The molecule has 0 spiro atoms. The topological polar surface area (TPSA) is 66.4 Å². The number of hydrogen-bond acceptors (Lipinski definition) is 4. The smallest absolute Gasteiger partial charge is 0.251 e. The first-order chi connectivity index (χ1) is 13.7. The van der Waals surface area contributed by atoms with Crippen molar-refractivity contribution in [1.82, 2.24) is 15.1 Å². The molecule has 2 saturated heterocycles. The summed E-state index contributed by atoms with van der Waals surface area (Å²) in [6.45, 7) is 7.60. The van der Waals surface area contributed by atoms with E-state index in [0.29, 0.717) is 0 Å². The van der Waals surface area contributed by atoms with Gasteiger partial charge in [0, 0.05) is 53.0 Å². The number of amides is 1. The fourth-order valence-corrected chi connectivity index (χ4v) is 4.57. The molecule has 1 saturated carbocycles. The van der Waals surface area contributed by atoms with E-state index in [-0.39, 0.29) is 17.6 Å². The normalized spacial score (nSPS) is 25.8. The van der Waals surface area contributed by atoms with Crippen molar-refractivity contribution in [2.75, 3.05) is 53.0 Å². The predicted octanol–water partition coefficient (Wildman–Crippen LogP) is 2.01. The van der Waals surface area contributed by atoms with Crippen LogP contribution in [0.15, 0.2) is 4.99 Å². The summed E-state index contributed by atoms with van der Waals surface area (Å²) < 4.78 is 11.9. The summed E-state index contributed by atoms with van der Waals surface area (Å²) in [4.78, 5) is 21.3. The van der Waals surface area contributed by atoms with Crippen molar-refractivity contribution in [3.63, 3.8) is 0 Å². The van der Waals surface area contributed by atoms with Gasteiger partial charge < -0.3 is 24.6 Å². The number of guanidine groups is 1. The maximum absolute atomic E-state index is 12.5. The lowest BCUT2D eigenvalue weighted by Gasteiger charge is -2.40. The number of nitrogens with zero attached hydrogens (tertiary/aromatic N) is 3. The van der Waals surface area contributed by atoms with Crippen LogP contribution in [-0.2, 0) is 14.3 Å². The quantitative estimate of drug-likeness (QED) is 0.551. The van der Waals surface area contributed by atoms with E-state index in [9.17, 15) is 4.79 Å². The molecule has 28 heavy (non-hydrogen) atoms. The van der Waals surface area contributed by atoms with Crippen molar-refractivity contribution >= 4 is 11.9 Å². The summed E-state index contributed by atoms with van der Waals surface area (Å²) in [7, 11) is 1.84. The zero-order valence-corrected chi connectivity index (χ0v) is 17.8. The van der Waals surface area contributed by atoms with Gasteiger partial charge in [-0.1, -0.05) is 26.2 Å². The van der Waals surface area contributed by atoms with Crippen LogP contribution in [0.4, 0.5) is 0 Å². The molecule has 3 aliphatic rings. The largest absolute Gasteiger partial charge is 0.373 e. The number of carbonyl (C=O) groups excluding carboxylic acids is 1. The van der Waals surface area contributed by atoms with E-state index in [1.165, 1.54) is 19.3 Å². The van der Waals surface area contributed by atoms with Gasteiger partial charge in [-0.3, -0.25) is 9.79 Å². The Morgan fingerprint density at radius 3 is 2.46 bits per heavy atom. The summed E-state index contributed by atoms with van der Waals surface area (Å²) in [6.07, 6.45) is 8.75. The molecule has 0 aromatic rings. The van der Waals surface area contributed by atoms with Gasteiger partial charge in [0.2, 0.25) is 0 Å². The molecule has 7 heteroatoms. The molecule has 3 rings (SSSR count). The van der Waals surface area contributed by atoms with Crippen LogP contribution in [0.3, 0.4) is 0 Å². The maximum atomic E-state index is 12.5. The Morgan fingerprint density at radius 1 is 1.14 bits per heavy atom. The first-order valence-corrected chi connectivity index (χ1v) is 11.2. The van der Waals surface area contributed by atoms with Crippen LogP contribution in [0.1, 0.15) is 58.3 Å². The van der Waals surface area contributed by atoms with Gasteiger partial charge in [-0.25, -0.2) is 0 Å². The lowest BCUT2D eigenvalue weighted by molar-refractivity contribution is -0.142. The molecule has 0 bridgehead atoms. The van der Waals surface area contributed by atoms with Crippen LogP contribution in [0.2, 0.25) is 0 Å². The third-order valence-electron chi connectivity index (χ3n) is 6.25. The molecule has 7 nitrogen and oxygen atoms in total. The third kappa shape index (κ3) is 5.38. The molecule has 3 fully saturated rings. The standard InChI is InChI=1S/C21H38N4O3/c1-3-15-28-21(9-5-4-6-10-21)17-23-20(22-2)25-13-11-24(12-14-25)19(26)18-8-7-16-27-18/h18H,3-17H2,1-2H3,(H,22,23). The molecular weight excluding hydrogens is 356 g/mol. The number of rotatable bonds is 6. The van der Waals surface area contributed by atoms with E-state index < -0.39 is 0 Å². The average Bonchev–Trinajstić information content (AvgIpc) is 3.28. The summed E-state index contributed by atoms with van der Waals surface area (Å²) in [5, 5.41) is 3.58. The van der Waals surface area contributed by atoms with Crippen LogP contribution in [0.5, 0.6) is 0 Å². The van der Waals surface area contributed by atoms with Crippen molar-refractivity contribution in [3.05, 3.63) is 0 Å². The number of hydrogen-bond donors (Lipinski definition) is 1. The minimum Gasteiger partial charge on any atom is -0.373 e. The Kier molecular flexibility index (Phi) is 7.97. The van der Waals surface area contributed by atoms with Crippen molar-refractivity contribution in [2.45, 2.75) is 70.0 Å². The van der Waals surface area contributed by atoms with Gasteiger partial charge in [0.05, 0.1) is 5.60 Å². The minimum atomic E-state index is -0.217. The molecule has 2 aliphatic heterocycles. The predicted molar refractivity (Wildman–Crippen MR) is 111 cm³/mol. The first kappa shape index (κ1) is 21.4. The third-order valence-corrected chi connectivity index (χ3v) is 6.25. The molecule has 0 aromatic carbocycles. The van der Waals surface area contributed by atoms with Gasteiger partial charge in [-0.05, 0) is 32.1 Å². The van der Waals surface area contributed by atoms with Crippen LogP contribution < -0.4 is 5.32 Å². The van der Waals surface area contributed by atoms with Gasteiger partial charge in [0.1, 0.15) is 6.10 Å². The van der Waals surface area contributed by atoms with E-state index >= 15 is 0 Å². The fourth-order valence-electron chi connectivity index (χ4n) is 4.57. The fraction of sp³-hybridized carbons (Fsp3) is 0.905. The lowest BCUT2D eigenvalue weighted by atomic mass is 9.84. The average molecular weight is 395 g/mol. The van der Waals surface area contributed by atoms with Crippen molar-refractivity contribution in [3.8, 4) is 0 Å². The highest BCUT2D eigenvalue weighted by atomic mass is 16.5. The van der Waals surface area contributed by atoms with Crippen LogP contribution >= 0.6 is 0 Å². The highest BCUT2D eigenvalue weighted by Crippen LogP contribution is 2.31. The van der Waals surface area contributed by atoms with Crippen LogP contribution in [-0.4, -0.2) is 86.4 Å². The minimum absolute atomic E-state index is 0.0538. The molecule has 0 aromatic heterocycles. The molecule has 2 heterocycles. The SMILES string of the molecule is CCCOC1(CNC(=NC)N2CCN(C(=O)C3CCCO3)CC2)CCCCC1. The number of nitrogens with one attached hydrogen (secondary N) is 1. The zero-order valence-electron chi connectivity index (χ0n) is 17.8. The lowest BCUT2D eigenvalue weighted by Crippen LogP contribution is -2.57. The molecule has 1 amide bonds. The number of piperazine rings is 1. The molecule has 1 unspecified atom stereocenters. The van der Waals surface area contributed by atoms with Crippen molar-refractivity contribution < 1.29 is 14.3 Å². The second-order valence-corrected chi connectivity index (χ2v) is 8.31. The van der Waals surface area contributed by atoms with E-state index in [1.807, 2.05) is 11.9 Å². The Labute approximate surface area is 169 Å². The molecule has 1 atom stereocenters. The molecule has 160 valence electrons. The van der Waals surface area contributed by atoms with Gasteiger partial charge in [-0.15, -0.1) is 0 Å². The van der Waals surface area contributed by atoms with Crippen LogP contribution in [0.25, 0.3) is 0 Å². The van der Waals surface area contributed by atoms with Gasteiger partial charge >= 0.3 is 0 Å². The van der Waals surface area contributed by atoms with E-state index in [0.717, 1.165) is 84.0 Å². The molecular formula is C21H38N4O3. The number of aliphatic imine (C=N–C) groups is 1. The Balaban J connectivity index is 1.49. The number of carbonyl (C=O) groups is 1. The molecule has 1 aliphatic carbocycles. The van der Waals surface area contributed by atoms with E-state index in [1.54, 1.807) is 0 Å². The van der Waals surface area contributed by atoms with Crippen molar-refractivity contribution in [1.29, 1.82) is 0 Å². The highest BCUT2D eigenvalue weighted by Gasteiger charge is 2.34. The van der Waals surface area contributed by atoms with E-state index in [2.05, 4.69) is 22.1 Å². The highest BCUT2D eigenvalue weighted by molar-refractivity contribution is 5.82. The summed E-state index contributed by atoms with van der Waals surface area (Å²) >= 11 is 0. The summed E-state index contributed by atoms with van der Waals surface area (Å²) in [6, 6.07) is 0. The van der Waals surface area contributed by atoms with Gasteiger partial charge in [0.25, 0.3) is 5.91 Å². The second kappa shape index (κ2) is 10.4. The number of ether oxygens (including phenoxy) is 2. The Hall–Kier alpha value is -1.34. The maximum Gasteiger partial charge on any atom is 0.251 e. The summed E-state index contributed by atoms with van der Waals surface area (Å²) in [5.74, 6) is 1.09. The van der Waals surface area contributed by atoms with E-state index in [4.69, 9.17) is 9.47 Å². The summed E-state index contributed by atoms with van der Waals surface area (Å²) in [5.41, 5.74) is -0.0538. The van der Waals surface area contributed by atoms with Crippen LogP contribution in [0, 0.1) is 0 Å². The molecule has 1 N–H and O–H groups in total. The first-order valence-electron chi connectivity index (χ1n) is 11.2. The van der Waals surface area contributed by atoms with Gasteiger partial charge in [-0.2, -0.15) is 0 Å². The Bertz CT molecular complexity index is 520. The molecule has 0 radical (unpaired) electrons. The monoisotopic (exact) mass is 394 g/mol. The zero-order chi connectivity index (χ0) is 19.8. The Morgan fingerprint density at radius 2 is 1.86 bits per heavy atom.